The zero-order chi connectivity index (χ0) is 12.6. The first kappa shape index (κ1) is 12.3. The third kappa shape index (κ3) is 2.39. The third-order valence-corrected chi connectivity index (χ3v) is 3.41. The second-order valence-electron chi connectivity index (χ2n) is 4.30. The first-order valence-corrected chi connectivity index (χ1v) is 6.09. The Morgan fingerprint density at radius 2 is 2.35 bits per heavy atom. The summed E-state index contributed by atoms with van der Waals surface area (Å²) < 4.78 is 0.601. The first-order chi connectivity index (χ1) is 7.99. The molecule has 0 aliphatic carbocycles. The van der Waals surface area contributed by atoms with Crippen LogP contribution in [-0.4, -0.2) is 29.0 Å². The Balaban J connectivity index is 2.36. The molecule has 2 unspecified atom stereocenters. The Morgan fingerprint density at radius 1 is 1.65 bits per heavy atom. The largest absolute Gasteiger partial charge is 0.349 e. The minimum Gasteiger partial charge on any atom is -0.349 e. The lowest BCUT2D eigenvalue weighted by atomic mass is 10.1. The fourth-order valence-electron chi connectivity index (χ4n) is 1.96. The Hall–Kier alpha value is -1.21. The van der Waals surface area contributed by atoms with E-state index in [4.69, 9.17) is 5.73 Å². The van der Waals surface area contributed by atoms with E-state index in [1.165, 1.54) is 6.07 Å². The predicted molar refractivity (Wildman–Crippen MR) is 67.9 cm³/mol. The molecule has 1 aromatic heterocycles. The first-order valence-electron chi connectivity index (χ1n) is 5.29. The normalized spacial score (nSPS) is 24.1. The van der Waals surface area contributed by atoms with Crippen molar-refractivity contribution in [1.29, 1.82) is 0 Å². The van der Waals surface area contributed by atoms with Gasteiger partial charge in [-0.15, -0.1) is 0 Å². The molecule has 0 amide bonds. The number of nitro groups is 1. The molecule has 17 heavy (non-hydrogen) atoms. The van der Waals surface area contributed by atoms with Crippen molar-refractivity contribution in [1.82, 2.24) is 4.98 Å². The SMILES string of the molecule is CC1CN(c2ncc(Br)cc2[N+](=O)[O-])CC1N. The lowest BCUT2D eigenvalue weighted by molar-refractivity contribution is -0.384. The number of nitrogens with two attached hydrogens (primary N) is 1. The topological polar surface area (TPSA) is 85.3 Å². The summed E-state index contributed by atoms with van der Waals surface area (Å²) in [5, 5.41) is 11.0. The lowest BCUT2D eigenvalue weighted by Gasteiger charge is -2.16. The van der Waals surface area contributed by atoms with E-state index >= 15 is 0 Å². The summed E-state index contributed by atoms with van der Waals surface area (Å²) in [6.07, 6.45) is 1.57. The van der Waals surface area contributed by atoms with Crippen molar-refractivity contribution in [3.8, 4) is 0 Å². The fraction of sp³-hybridized carbons (Fsp3) is 0.500. The average Bonchev–Trinajstić information content (AvgIpc) is 2.59. The van der Waals surface area contributed by atoms with E-state index in [9.17, 15) is 10.1 Å². The second-order valence-corrected chi connectivity index (χ2v) is 5.22. The molecule has 0 radical (unpaired) electrons. The summed E-state index contributed by atoms with van der Waals surface area (Å²) in [6.45, 7) is 3.35. The van der Waals surface area contributed by atoms with Crippen LogP contribution < -0.4 is 10.6 Å². The van der Waals surface area contributed by atoms with Crippen LogP contribution in [0.5, 0.6) is 0 Å². The van der Waals surface area contributed by atoms with Gasteiger partial charge in [0.05, 0.1) is 4.92 Å². The number of halogens is 1. The van der Waals surface area contributed by atoms with Crippen molar-refractivity contribution in [2.24, 2.45) is 11.7 Å². The Kier molecular flexibility index (Phi) is 3.30. The summed E-state index contributed by atoms with van der Waals surface area (Å²) in [5.74, 6) is 0.720. The standard InChI is InChI=1S/C10H13BrN4O2/c1-6-4-14(5-8(6)12)10-9(15(16)17)2-7(11)3-13-10/h2-3,6,8H,4-5,12H2,1H3. The third-order valence-electron chi connectivity index (χ3n) is 2.98. The minimum absolute atomic E-state index is 0.0145. The number of nitrogens with zero attached hydrogens (tertiary/aromatic N) is 3. The lowest BCUT2D eigenvalue weighted by Crippen LogP contribution is -2.29. The maximum absolute atomic E-state index is 11.0. The molecule has 92 valence electrons. The molecule has 7 heteroatoms. The predicted octanol–water partition coefficient (Wildman–Crippen LogP) is 1.54. The monoisotopic (exact) mass is 300 g/mol. The van der Waals surface area contributed by atoms with Gasteiger partial charge in [0.1, 0.15) is 0 Å². The summed E-state index contributed by atoms with van der Waals surface area (Å²) in [6, 6.07) is 1.51. The van der Waals surface area contributed by atoms with Crippen molar-refractivity contribution in [2.45, 2.75) is 13.0 Å². The van der Waals surface area contributed by atoms with Gasteiger partial charge in [0.15, 0.2) is 0 Å². The van der Waals surface area contributed by atoms with E-state index < -0.39 is 4.92 Å². The van der Waals surface area contributed by atoms with Crippen molar-refractivity contribution < 1.29 is 4.92 Å². The van der Waals surface area contributed by atoms with E-state index in [0.717, 1.165) is 0 Å². The molecule has 0 spiro atoms. The Labute approximate surface area is 107 Å². The molecule has 6 nitrogen and oxygen atoms in total. The highest BCUT2D eigenvalue weighted by molar-refractivity contribution is 9.10. The highest BCUT2D eigenvalue weighted by Gasteiger charge is 2.31. The summed E-state index contributed by atoms with van der Waals surface area (Å²) in [5.41, 5.74) is 5.93. The molecule has 1 saturated heterocycles. The number of hydrogen-bond acceptors (Lipinski definition) is 5. The van der Waals surface area contributed by atoms with Crippen LogP contribution in [0, 0.1) is 16.0 Å². The van der Waals surface area contributed by atoms with Crippen LogP contribution in [0.3, 0.4) is 0 Å². The van der Waals surface area contributed by atoms with Gasteiger partial charge in [-0.1, -0.05) is 6.92 Å². The Bertz CT molecular complexity index is 444. The van der Waals surface area contributed by atoms with Crippen molar-refractivity contribution in [2.75, 3.05) is 18.0 Å². The van der Waals surface area contributed by atoms with Gasteiger partial charge in [0, 0.05) is 35.9 Å². The maximum atomic E-state index is 11.0. The maximum Gasteiger partial charge on any atom is 0.312 e. The van der Waals surface area contributed by atoms with Crippen LogP contribution >= 0.6 is 15.9 Å². The Morgan fingerprint density at radius 3 is 2.88 bits per heavy atom. The van der Waals surface area contributed by atoms with Gasteiger partial charge < -0.3 is 10.6 Å². The van der Waals surface area contributed by atoms with Crippen LogP contribution in [-0.2, 0) is 0 Å². The molecule has 1 aliphatic heterocycles. The molecular formula is C10H13BrN4O2. The van der Waals surface area contributed by atoms with Gasteiger partial charge in [0.2, 0.25) is 5.82 Å². The molecule has 0 bridgehead atoms. The fourth-order valence-corrected chi connectivity index (χ4v) is 2.28. The van der Waals surface area contributed by atoms with Crippen LogP contribution in [0.2, 0.25) is 0 Å². The molecule has 2 atom stereocenters. The minimum atomic E-state index is -0.415. The van der Waals surface area contributed by atoms with Gasteiger partial charge in [-0.05, 0) is 21.8 Å². The highest BCUT2D eigenvalue weighted by atomic mass is 79.9. The van der Waals surface area contributed by atoms with Gasteiger partial charge in [0.25, 0.3) is 0 Å². The van der Waals surface area contributed by atoms with Crippen LogP contribution in [0.1, 0.15) is 6.92 Å². The summed E-state index contributed by atoms with van der Waals surface area (Å²) >= 11 is 3.19. The number of hydrogen-bond donors (Lipinski definition) is 1. The number of anilines is 1. The van der Waals surface area contributed by atoms with Gasteiger partial charge >= 0.3 is 5.69 Å². The van der Waals surface area contributed by atoms with E-state index in [1.54, 1.807) is 6.20 Å². The molecule has 0 saturated carbocycles. The highest BCUT2D eigenvalue weighted by Crippen LogP contribution is 2.31. The van der Waals surface area contributed by atoms with E-state index in [-0.39, 0.29) is 11.7 Å². The van der Waals surface area contributed by atoms with Crippen molar-refractivity contribution in [3.05, 3.63) is 26.9 Å². The quantitative estimate of drug-likeness (QED) is 0.661. The molecule has 1 aliphatic rings. The van der Waals surface area contributed by atoms with Gasteiger partial charge in [-0.2, -0.15) is 0 Å². The smallest absolute Gasteiger partial charge is 0.312 e. The molecule has 1 fully saturated rings. The van der Waals surface area contributed by atoms with Gasteiger partial charge in [-0.25, -0.2) is 4.98 Å². The van der Waals surface area contributed by atoms with E-state index in [2.05, 4.69) is 20.9 Å². The van der Waals surface area contributed by atoms with Crippen LogP contribution in [0.4, 0.5) is 11.5 Å². The molecule has 2 N–H and O–H groups in total. The summed E-state index contributed by atoms with van der Waals surface area (Å²) in [4.78, 5) is 16.6. The molecule has 2 rings (SSSR count). The molecular weight excluding hydrogens is 288 g/mol. The molecule has 1 aromatic rings. The van der Waals surface area contributed by atoms with Gasteiger partial charge in [-0.3, -0.25) is 10.1 Å². The van der Waals surface area contributed by atoms with E-state index in [0.29, 0.717) is 29.3 Å². The van der Waals surface area contributed by atoms with Crippen LogP contribution in [0.15, 0.2) is 16.7 Å². The zero-order valence-corrected chi connectivity index (χ0v) is 10.9. The van der Waals surface area contributed by atoms with Crippen LogP contribution in [0.25, 0.3) is 0 Å². The van der Waals surface area contributed by atoms with Crippen molar-refractivity contribution >= 4 is 27.4 Å². The van der Waals surface area contributed by atoms with E-state index in [1.807, 2.05) is 11.8 Å². The average molecular weight is 301 g/mol. The number of aromatic nitrogens is 1. The molecule has 2 heterocycles. The number of pyridine rings is 1. The number of rotatable bonds is 2. The zero-order valence-electron chi connectivity index (χ0n) is 9.34. The van der Waals surface area contributed by atoms with Crippen molar-refractivity contribution in [3.63, 3.8) is 0 Å². The summed E-state index contributed by atoms with van der Waals surface area (Å²) in [7, 11) is 0. The second kappa shape index (κ2) is 4.58. The molecule has 0 aromatic carbocycles.